The largest absolute Gasteiger partial charge is 0.396 e. The van der Waals surface area contributed by atoms with Crippen molar-refractivity contribution in [2.45, 2.75) is 44.4 Å². The lowest BCUT2D eigenvalue weighted by Gasteiger charge is -2.06. The molecule has 0 spiro atoms. The maximum Gasteiger partial charge on any atom is 0.252 e. The van der Waals surface area contributed by atoms with Gasteiger partial charge in [0.25, 0.3) is 5.56 Å². The molecule has 1 aromatic rings. The van der Waals surface area contributed by atoms with E-state index in [-0.39, 0.29) is 12.2 Å². The number of anilines is 1. The van der Waals surface area contributed by atoms with Crippen molar-refractivity contribution in [1.29, 1.82) is 0 Å². The highest BCUT2D eigenvalue weighted by atomic mass is 16.2. The first-order valence-electron chi connectivity index (χ1n) is 6.75. The molecule has 1 aliphatic carbocycles. The quantitative estimate of drug-likeness (QED) is 0.613. The molecule has 0 bridgehead atoms. The average Bonchev–Trinajstić information content (AvgIpc) is 3.17. The van der Waals surface area contributed by atoms with E-state index in [0.717, 1.165) is 50.9 Å². The van der Waals surface area contributed by atoms with Crippen molar-refractivity contribution in [3.63, 3.8) is 0 Å². The van der Waals surface area contributed by atoms with Crippen LogP contribution < -0.4 is 10.9 Å². The summed E-state index contributed by atoms with van der Waals surface area (Å²) in [6, 6.07) is 1.51. The third-order valence-electron chi connectivity index (χ3n) is 3.12. The topological polar surface area (TPSA) is 78.0 Å². The zero-order valence-corrected chi connectivity index (χ0v) is 10.6. The summed E-state index contributed by atoms with van der Waals surface area (Å²) >= 11 is 0. The fourth-order valence-corrected chi connectivity index (χ4v) is 1.92. The Morgan fingerprint density at radius 2 is 2.11 bits per heavy atom. The van der Waals surface area contributed by atoms with E-state index >= 15 is 0 Å². The third kappa shape index (κ3) is 4.14. The molecule has 100 valence electrons. The molecule has 0 unspecified atom stereocenters. The maximum atomic E-state index is 11.5. The average molecular weight is 251 g/mol. The lowest BCUT2D eigenvalue weighted by Crippen LogP contribution is -2.13. The van der Waals surface area contributed by atoms with Gasteiger partial charge in [0.1, 0.15) is 11.6 Å². The molecule has 2 rings (SSSR count). The van der Waals surface area contributed by atoms with Gasteiger partial charge in [0, 0.05) is 25.1 Å². The first-order valence-corrected chi connectivity index (χ1v) is 6.75. The summed E-state index contributed by atoms with van der Waals surface area (Å²) in [5.74, 6) is 1.97. The van der Waals surface area contributed by atoms with Crippen LogP contribution in [0.4, 0.5) is 5.82 Å². The predicted octanol–water partition coefficient (Wildman–Crippen LogP) is 1.61. The van der Waals surface area contributed by atoms with Gasteiger partial charge in [-0.2, -0.15) is 0 Å². The summed E-state index contributed by atoms with van der Waals surface area (Å²) in [4.78, 5) is 18.7. The number of aromatic nitrogens is 2. The minimum absolute atomic E-state index is 0.0744. The molecular weight excluding hydrogens is 230 g/mol. The fraction of sp³-hybridized carbons (Fsp3) is 0.692. The lowest BCUT2D eigenvalue weighted by atomic mass is 10.2. The number of rotatable bonds is 8. The summed E-state index contributed by atoms with van der Waals surface area (Å²) in [6.45, 7) is 1.10. The minimum Gasteiger partial charge on any atom is -0.396 e. The van der Waals surface area contributed by atoms with Crippen molar-refractivity contribution in [1.82, 2.24) is 9.97 Å². The van der Waals surface area contributed by atoms with Crippen LogP contribution in [-0.2, 0) is 0 Å². The van der Waals surface area contributed by atoms with Crippen LogP contribution in [0.25, 0.3) is 0 Å². The fourth-order valence-electron chi connectivity index (χ4n) is 1.92. The Kier molecular flexibility index (Phi) is 4.75. The van der Waals surface area contributed by atoms with Crippen molar-refractivity contribution in [3.05, 3.63) is 22.2 Å². The van der Waals surface area contributed by atoms with Crippen LogP contribution >= 0.6 is 0 Å². The van der Waals surface area contributed by atoms with Gasteiger partial charge in [-0.25, -0.2) is 4.98 Å². The summed E-state index contributed by atoms with van der Waals surface area (Å²) in [5.41, 5.74) is -0.0744. The van der Waals surface area contributed by atoms with Gasteiger partial charge >= 0.3 is 0 Å². The molecule has 5 nitrogen and oxygen atoms in total. The van der Waals surface area contributed by atoms with Crippen LogP contribution in [0.3, 0.4) is 0 Å². The molecule has 0 radical (unpaired) electrons. The molecule has 1 fully saturated rings. The van der Waals surface area contributed by atoms with E-state index in [1.54, 1.807) is 0 Å². The monoisotopic (exact) mass is 251 g/mol. The first kappa shape index (κ1) is 13.1. The minimum atomic E-state index is -0.0744. The zero-order chi connectivity index (χ0) is 12.8. The van der Waals surface area contributed by atoms with Gasteiger partial charge in [0.05, 0.1) is 0 Å². The molecule has 1 saturated carbocycles. The van der Waals surface area contributed by atoms with E-state index in [1.807, 2.05) is 0 Å². The standard InChI is InChI=1S/C13H21N3O2/c17-8-4-2-1-3-7-14-11-9-12(18)16-13(15-11)10-5-6-10/h9-10,17H,1-8H2,(H2,14,15,16,18). The predicted molar refractivity (Wildman–Crippen MR) is 70.9 cm³/mol. The van der Waals surface area contributed by atoms with Crippen LogP contribution in [0.5, 0.6) is 0 Å². The van der Waals surface area contributed by atoms with E-state index in [9.17, 15) is 4.79 Å². The van der Waals surface area contributed by atoms with E-state index in [4.69, 9.17) is 5.11 Å². The van der Waals surface area contributed by atoms with Gasteiger partial charge in [-0.05, 0) is 25.7 Å². The number of unbranched alkanes of at least 4 members (excludes halogenated alkanes) is 3. The smallest absolute Gasteiger partial charge is 0.252 e. The van der Waals surface area contributed by atoms with Gasteiger partial charge in [-0.3, -0.25) is 4.79 Å². The van der Waals surface area contributed by atoms with E-state index in [0.29, 0.717) is 11.7 Å². The van der Waals surface area contributed by atoms with Gasteiger partial charge in [-0.15, -0.1) is 0 Å². The Balaban J connectivity index is 1.76. The van der Waals surface area contributed by atoms with Crippen molar-refractivity contribution in [3.8, 4) is 0 Å². The highest BCUT2D eigenvalue weighted by molar-refractivity contribution is 5.33. The Bertz CT molecular complexity index is 426. The van der Waals surface area contributed by atoms with Gasteiger partial charge in [0.2, 0.25) is 0 Å². The van der Waals surface area contributed by atoms with Crippen LogP contribution in [0.1, 0.15) is 50.3 Å². The Labute approximate surface area is 107 Å². The maximum absolute atomic E-state index is 11.5. The second-order valence-electron chi connectivity index (χ2n) is 4.85. The number of nitrogens with zero attached hydrogens (tertiary/aromatic N) is 1. The highest BCUT2D eigenvalue weighted by Crippen LogP contribution is 2.37. The molecule has 0 aromatic carbocycles. The van der Waals surface area contributed by atoms with Crippen LogP contribution in [0, 0.1) is 0 Å². The van der Waals surface area contributed by atoms with Crippen molar-refractivity contribution >= 4 is 5.82 Å². The second kappa shape index (κ2) is 6.54. The molecule has 5 heteroatoms. The summed E-state index contributed by atoms with van der Waals surface area (Å²) in [7, 11) is 0. The van der Waals surface area contributed by atoms with Crippen LogP contribution in [0.15, 0.2) is 10.9 Å². The summed E-state index contributed by atoms with van der Waals surface area (Å²) in [5, 5.41) is 11.8. The first-order chi connectivity index (χ1) is 8.79. The van der Waals surface area contributed by atoms with Gasteiger partial charge in [0.15, 0.2) is 0 Å². The van der Waals surface area contributed by atoms with E-state index < -0.39 is 0 Å². The molecule has 0 aliphatic heterocycles. The number of aromatic amines is 1. The van der Waals surface area contributed by atoms with Crippen LogP contribution in [0.2, 0.25) is 0 Å². The zero-order valence-electron chi connectivity index (χ0n) is 10.6. The number of H-pyrrole nitrogens is 1. The molecule has 1 heterocycles. The van der Waals surface area contributed by atoms with Crippen LogP contribution in [-0.4, -0.2) is 28.2 Å². The number of aliphatic hydroxyl groups is 1. The SMILES string of the molecule is O=c1cc(NCCCCCCO)nc(C2CC2)[nH]1. The highest BCUT2D eigenvalue weighted by Gasteiger charge is 2.26. The van der Waals surface area contributed by atoms with Crippen molar-refractivity contribution in [2.24, 2.45) is 0 Å². The Hall–Kier alpha value is -1.36. The Morgan fingerprint density at radius 3 is 2.83 bits per heavy atom. The van der Waals surface area contributed by atoms with E-state index in [2.05, 4.69) is 15.3 Å². The molecule has 0 saturated heterocycles. The third-order valence-corrected chi connectivity index (χ3v) is 3.12. The molecule has 0 amide bonds. The lowest BCUT2D eigenvalue weighted by molar-refractivity contribution is 0.283. The number of hydrogen-bond acceptors (Lipinski definition) is 4. The molecular formula is C13H21N3O2. The molecule has 0 atom stereocenters. The number of aliphatic hydroxyl groups excluding tert-OH is 1. The number of hydrogen-bond donors (Lipinski definition) is 3. The van der Waals surface area contributed by atoms with E-state index in [1.165, 1.54) is 6.07 Å². The summed E-state index contributed by atoms with van der Waals surface area (Å²) < 4.78 is 0. The molecule has 1 aliphatic rings. The Morgan fingerprint density at radius 1 is 1.33 bits per heavy atom. The molecule has 1 aromatic heterocycles. The summed E-state index contributed by atoms with van der Waals surface area (Å²) in [6.07, 6.45) is 6.31. The molecule has 18 heavy (non-hydrogen) atoms. The molecule has 3 N–H and O–H groups in total. The van der Waals surface area contributed by atoms with Gasteiger partial charge in [-0.1, -0.05) is 12.8 Å². The second-order valence-corrected chi connectivity index (χ2v) is 4.85. The normalized spacial score (nSPS) is 14.7. The van der Waals surface area contributed by atoms with Crippen molar-refractivity contribution < 1.29 is 5.11 Å². The number of nitrogens with one attached hydrogen (secondary N) is 2. The van der Waals surface area contributed by atoms with Crippen molar-refractivity contribution in [2.75, 3.05) is 18.5 Å². The van der Waals surface area contributed by atoms with Gasteiger partial charge < -0.3 is 15.4 Å².